The van der Waals surface area contributed by atoms with E-state index in [1.54, 1.807) is 24.3 Å². The first-order valence-electron chi connectivity index (χ1n) is 8.28. The van der Waals surface area contributed by atoms with Crippen LogP contribution in [0.2, 0.25) is 0 Å². The van der Waals surface area contributed by atoms with Crippen LogP contribution in [0.3, 0.4) is 0 Å². The SMILES string of the molecule is Oc1ccccc1.c1ccc(-c2ccc(-c3ccccc3)cc2)cc1. The Balaban J connectivity index is 0.000000219. The van der Waals surface area contributed by atoms with Crippen molar-refractivity contribution in [3.05, 3.63) is 115 Å². The van der Waals surface area contributed by atoms with Gasteiger partial charge < -0.3 is 5.11 Å². The molecule has 25 heavy (non-hydrogen) atoms. The Kier molecular flexibility index (Phi) is 5.63. The van der Waals surface area contributed by atoms with Gasteiger partial charge in [0, 0.05) is 0 Å². The lowest BCUT2D eigenvalue weighted by molar-refractivity contribution is 0.475. The molecule has 0 aliphatic heterocycles. The molecule has 0 heterocycles. The number of hydrogen-bond acceptors (Lipinski definition) is 1. The highest BCUT2D eigenvalue weighted by Gasteiger charge is 1.98. The average Bonchev–Trinajstić information content (AvgIpc) is 2.71. The Morgan fingerprint density at radius 2 is 0.600 bits per heavy atom. The molecule has 0 amide bonds. The van der Waals surface area contributed by atoms with E-state index < -0.39 is 0 Å². The molecule has 1 nitrogen and oxygen atoms in total. The molecule has 0 saturated carbocycles. The average molecular weight is 324 g/mol. The van der Waals surface area contributed by atoms with Gasteiger partial charge in [0.25, 0.3) is 0 Å². The third kappa shape index (κ3) is 4.82. The molecular formula is C24H20O. The lowest BCUT2D eigenvalue weighted by atomic mass is 10.0. The van der Waals surface area contributed by atoms with Crippen LogP contribution in [0.15, 0.2) is 115 Å². The standard InChI is InChI=1S/C18H14.C6H6O/c1-3-7-15(8-4-1)17-11-13-18(14-12-17)16-9-5-2-6-10-16;7-6-4-2-1-3-5-6/h1-14H;1-5,7H. The molecule has 4 aromatic rings. The van der Waals surface area contributed by atoms with Gasteiger partial charge in [-0.15, -0.1) is 0 Å². The summed E-state index contributed by atoms with van der Waals surface area (Å²) in [5.74, 6) is 0.322. The molecular weight excluding hydrogens is 304 g/mol. The summed E-state index contributed by atoms with van der Waals surface area (Å²) >= 11 is 0. The van der Waals surface area contributed by atoms with E-state index in [9.17, 15) is 0 Å². The van der Waals surface area contributed by atoms with Gasteiger partial charge in [-0.3, -0.25) is 0 Å². The van der Waals surface area contributed by atoms with Gasteiger partial charge in [0.2, 0.25) is 0 Å². The van der Waals surface area contributed by atoms with Gasteiger partial charge >= 0.3 is 0 Å². The minimum atomic E-state index is 0.322. The number of benzene rings is 4. The Labute approximate surface area is 148 Å². The van der Waals surface area contributed by atoms with Crippen LogP contribution in [-0.4, -0.2) is 5.11 Å². The fourth-order valence-corrected chi connectivity index (χ4v) is 2.54. The molecule has 0 radical (unpaired) electrons. The Morgan fingerprint density at radius 3 is 0.880 bits per heavy atom. The first-order valence-corrected chi connectivity index (χ1v) is 8.28. The van der Waals surface area contributed by atoms with E-state index in [0.717, 1.165) is 0 Å². The number of hydrogen-bond donors (Lipinski definition) is 1. The second kappa shape index (κ2) is 8.51. The summed E-state index contributed by atoms with van der Waals surface area (Å²) in [6.45, 7) is 0. The summed E-state index contributed by atoms with van der Waals surface area (Å²) in [6, 6.07) is 38.3. The van der Waals surface area contributed by atoms with E-state index in [0.29, 0.717) is 5.75 Å². The summed E-state index contributed by atoms with van der Waals surface area (Å²) in [7, 11) is 0. The van der Waals surface area contributed by atoms with Gasteiger partial charge in [-0.1, -0.05) is 103 Å². The Hall–Kier alpha value is -3.32. The maximum Gasteiger partial charge on any atom is 0.115 e. The lowest BCUT2D eigenvalue weighted by Crippen LogP contribution is -1.79. The van der Waals surface area contributed by atoms with Gasteiger partial charge in [0.1, 0.15) is 5.75 Å². The van der Waals surface area contributed by atoms with Crippen LogP contribution < -0.4 is 0 Å². The van der Waals surface area contributed by atoms with Crippen LogP contribution >= 0.6 is 0 Å². The summed E-state index contributed by atoms with van der Waals surface area (Å²) in [5, 5.41) is 8.63. The molecule has 0 fully saturated rings. The highest BCUT2D eigenvalue weighted by Crippen LogP contribution is 2.24. The van der Waals surface area contributed by atoms with Crippen molar-refractivity contribution in [2.24, 2.45) is 0 Å². The molecule has 122 valence electrons. The highest BCUT2D eigenvalue weighted by molar-refractivity contribution is 5.70. The molecule has 0 unspecified atom stereocenters. The topological polar surface area (TPSA) is 20.2 Å². The molecule has 0 aliphatic carbocycles. The molecule has 0 atom stereocenters. The highest BCUT2D eigenvalue weighted by atomic mass is 16.3. The zero-order chi connectivity index (χ0) is 17.3. The van der Waals surface area contributed by atoms with Crippen LogP contribution in [0.25, 0.3) is 22.3 Å². The number of phenolic OH excluding ortho intramolecular Hbond substituents is 1. The van der Waals surface area contributed by atoms with Crippen molar-refractivity contribution in [2.75, 3.05) is 0 Å². The molecule has 0 aromatic heterocycles. The smallest absolute Gasteiger partial charge is 0.115 e. The third-order valence-corrected chi connectivity index (χ3v) is 3.86. The van der Waals surface area contributed by atoms with E-state index in [1.165, 1.54) is 22.3 Å². The summed E-state index contributed by atoms with van der Waals surface area (Å²) in [4.78, 5) is 0. The number of rotatable bonds is 2. The van der Waals surface area contributed by atoms with Crippen molar-refractivity contribution in [3.8, 4) is 28.0 Å². The fraction of sp³-hybridized carbons (Fsp3) is 0. The zero-order valence-corrected chi connectivity index (χ0v) is 13.9. The van der Waals surface area contributed by atoms with Crippen LogP contribution in [0.5, 0.6) is 5.75 Å². The number of phenols is 1. The lowest BCUT2D eigenvalue weighted by Gasteiger charge is -2.04. The molecule has 1 N–H and O–H groups in total. The van der Waals surface area contributed by atoms with Crippen LogP contribution in [-0.2, 0) is 0 Å². The van der Waals surface area contributed by atoms with E-state index in [-0.39, 0.29) is 0 Å². The normalized spacial score (nSPS) is 9.76. The Bertz CT molecular complexity index is 809. The first-order chi connectivity index (χ1) is 12.3. The van der Waals surface area contributed by atoms with Gasteiger partial charge in [-0.25, -0.2) is 0 Å². The van der Waals surface area contributed by atoms with E-state index >= 15 is 0 Å². The maximum atomic E-state index is 8.63. The number of para-hydroxylation sites is 1. The van der Waals surface area contributed by atoms with Gasteiger partial charge in [0.05, 0.1) is 0 Å². The predicted molar refractivity (Wildman–Crippen MR) is 105 cm³/mol. The molecule has 0 aliphatic rings. The van der Waals surface area contributed by atoms with Gasteiger partial charge in [-0.05, 0) is 34.4 Å². The van der Waals surface area contributed by atoms with Gasteiger partial charge in [-0.2, -0.15) is 0 Å². The molecule has 0 saturated heterocycles. The summed E-state index contributed by atoms with van der Waals surface area (Å²) < 4.78 is 0. The monoisotopic (exact) mass is 324 g/mol. The third-order valence-electron chi connectivity index (χ3n) is 3.86. The van der Waals surface area contributed by atoms with Crippen molar-refractivity contribution in [2.45, 2.75) is 0 Å². The molecule has 4 aromatic carbocycles. The maximum absolute atomic E-state index is 8.63. The van der Waals surface area contributed by atoms with Crippen LogP contribution in [0.4, 0.5) is 0 Å². The van der Waals surface area contributed by atoms with Crippen molar-refractivity contribution < 1.29 is 5.11 Å². The van der Waals surface area contributed by atoms with Crippen LogP contribution in [0, 0.1) is 0 Å². The molecule has 0 bridgehead atoms. The van der Waals surface area contributed by atoms with E-state index in [1.807, 2.05) is 18.2 Å². The molecule has 0 spiro atoms. The van der Waals surface area contributed by atoms with Crippen molar-refractivity contribution >= 4 is 0 Å². The Morgan fingerprint density at radius 1 is 0.320 bits per heavy atom. The van der Waals surface area contributed by atoms with Crippen molar-refractivity contribution in [1.29, 1.82) is 0 Å². The van der Waals surface area contributed by atoms with Crippen molar-refractivity contribution in [3.63, 3.8) is 0 Å². The molecule has 4 rings (SSSR count). The minimum absolute atomic E-state index is 0.322. The quantitative estimate of drug-likeness (QED) is 0.451. The summed E-state index contributed by atoms with van der Waals surface area (Å²) in [6.07, 6.45) is 0. The minimum Gasteiger partial charge on any atom is -0.508 e. The second-order valence-corrected chi connectivity index (χ2v) is 5.64. The number of aromatic hydroxyl groups is 1. The largest absolute Gasteiger partial charge is 0.508 e. The second-order valence-electron chi connectivity index (χ2n) is 5.64. The fourth-order valence-electron chi connectivity index (χ4n) is 2.54. The zero-order valence-electron chi connectivity index (χ0n) is 13.9. The van der Waals surface area contributed by atoms with Gasteiger partial charge in [0.15, 0.2) is 0 Å². The van der Waals surface area contributed by atoms with E-state index in [4.69, 9.17) is 5.11 Å². The predicted octanol–water partition coefficient (Wildman–Crippen LogP) is 6.41. The summed E-state index contributed by atoms with van der Waals surface area (Å²) in [5.41, 5.74) is 5.04. The van der Waals surface area contributed by atoms with Crippen molar-refractivity contribution in [1.82, 2.24) is 0 Å². The van der Waals surface area contributed by atoms with Crippen LogP contribution in [0.1, 0.15) is 0 Å². The molecule has 1 heteroatoms. The van der Waals surface area contributed by atoms with E-state index in [2.05, 4.69) is 72.8 Å². The first kappa shape index (κ1) is 16.5.